The van der Waals surface area contributed by atoms with Crippen molar-refractivity contribution >= 4 is 38.8 Å². The standard InChI is InChI=1S/C15H12N4O5S/c20-13-11-12(17-14(21)18-13)19(15(22)16-11)25(23,24)10-7-3-5-8-4-1-2-6-9(8)10/h1-7,11-12H,(H,16,22)(H2,17,18,20,21)/t11-,12-/m1/s1. The minimum Gasteiger partial charge on any atom is -0.321 e. The van der Waals surface area contributed by atoms with Crippen LogP contribution in [0.1, 0.15) is 0 Å². The number of nitrogens with zero attached hydrogens (tertiary/aromatic N) is 1. The van der Waals surface area contributed by atoms with Gasteiger partial charge in [0, 0.05) is 5.39 Å². The van der Waals surface area contributed by atoms with E-state index in [2.05, 4.69) is 10.6 Å². The number of rotatable bonds is 2. The molecule has 0 spiro atoms. The maximum atomic E-state index is 13.1. The van der Waals surface area contributed by atoms with E-state index in [4.69, 9.17) is 0 Å². The summed E-state index contributed by atoms with van der Waals surface area (Å²) in [5.41, 5.74) is 0. The summed E-state index contributed by atoms with van der Waals surface area (Å²) in [6.45, 7) is 0. The second-order valence-electron chi connectivity index (χ2n) is 5.61. The Balaban J connectivity index is 1.86. The molecule has 25 heavy (non-hydrogen) atoms. The largest absolute Gasteiger partial charge is 0.334 e. The van der Waals surface area contributed by atoms with Gasteiger partial charge in [0.15, 0.2) is 12.2 Å². The van der Waals surface area contributed by atoms with Gasteiger partial charge in [0.05, 0.1) is 4.90 Å². The van der Waals surface area contributed by atoms with Crippen LogP contribution in [0.5, 0.6) is 0 Å². The van der Waals surface area contributed by atoms with Crippen molar-refractivity contribution in [2.75, 3.05) is 0 Å². The van der Waals surface area contributed by atoms with Crippen LogP contribution in [0.3, 0.4) is 0 Å². The summed E-state index contributed by atoms with van der Waals surface area (Å²) in [6, 6.07) is 8.49. The third-order valence-electron chi connectivity index (χ3n) is 4.13. The molecule has 4 rings (SSSR count). The fraction of sp³-hybridized carbons (Fsp3) is 0.133. The zero-order valence-corrected chi connectivity index (χ0v) is 13.4. The number of benzene rings is 2. The molecule has 0 aromatic heterocycles. The van der Waals surface area contributed by atoms with Gasteiger partial charge in [-0.2, -0.15) is 4.31 Å². The summed E-state index contributed by atoms with van der Waals surface area (Å²) < 4.78 is 26.7. The Morgan fingerprint density at radius 1 is 0.920 bits per heavy atom. The molecule has 2 aromatic carbocycles. The van der Waals surface area contributed by atoms with Crippen LogP contribution < -0.4 is 16.0 Å². The number of amides is 5. The molecule has 0 radical (unpaired) electrons. The topological polar surface area (TPSA) is 125 Å². The molecule has 2 saturated heterocycles. The van der Waals surface area contributed by atoms with Crippen molar-refractivity contribution in [1.82, 2.24) is 20.3 Å². The second kappa shape index (κ2) is 5.18. The van der Waals surface area contributed by atoms with Crippen LogP contribution in [-0.4, -0.2) is 42.9 Å². The van der Waals surface area contributed by atoms with Gasteiger partial charge < -0.3 is 10.6 Å². The van der Waals surface area contributed by atoms with E-state index < -0.39 is 40.2 Å². The monoisotopic (exact) mass is 360 g/mol. The zero-order chi connectivity index (χ0) is 17.8. The summed E-state index contributed by atoms with van der Waals surface area (Å²) >= 11 is 0. The molecule has 2 aromatic rings. The number of hydrogen-bond acceptors (Lipinski definition) is 5. The zero-order valence-electron chi connectivity index (χ0n) is 12.6. The molecule has 2 fully saturated rings. The average Bonchev–Trinajstić information content (AvgIpc) is 2.91. The van der Waals surface area contributed by atoms with Gasteiger partial charge in [0.25, 0.3) is 15.9 Å². The van der Waals surface area contributed by atoms with Gasteiger partial charge in [-0.15, -0.1) is 0 Å². The van der Waals surface area contributed by atoms with Crippen LogP contribution in [0.25, 0.3) is 10.8 Å². The molecule has 5 amide bonds. The van der Waals surface area contributed by atoms with Crippen molar-refractivity contribution in [3.05, 3.63) is 42.5 Å². The molecule has 128 valence electrons. The Bertz CT molecular complexity index is 1030. The lowest BCUT2D eigenvalue weighted by molar-refractivity contribution is -0.123. The number of sulfonamides is 1. The van der Waals surface area contributed by atoms with E-state index in [0.29, 0.717) is 15.1 Å². The minimum atomic E-state index is -4.31. The lowest BCUT2D eigenvalue weighted by Gasteiger charge is -2.29. The number of hydrogen-bond donors (Lipinski definition) is 3. The highest BCUT2D eigenvalue weighted by Crippen LogP contribution is 2.29. The Morgan fingerprint density at radius 2 is 1.64 bits per heavy atom. The van der Waals surface area contributed by atoms with Crippen molar-refractivity contribution in [3.63, 3.8) is 0 Å². The second-order valence-corrected chi connectivity index (χ2v) is 7.40. The van der Waals surface area contributed by atoms with Crippen molar-refractivity contribution in [3.8, 4) is 0 Å². The number of urea groups is 2. The molecule has 0 bridgehead atoms. The molecule has 10 heteroatoms. The van der Waals surface area contributed by atoms with E-state index in [1.807, 2.05) is 5.32 Å². The normalized spacial score (nSPS) is 23.0. The minimum absolute atomic E-state index is 0.0818. The van der Waals surface area contributed by atoms with Crippen LogP contribution in [0.4, 0.5) is 9.59 Å². The van der Waals surface area contributed by atoms with Crippen molar-refractivity contribution in [1.29, 1.82) is 0 Å². The summed E-state index contributed by atoms with van der Waals surface area (Å²) in [6.07, 6.45) is -1.32. The quantitative estimate of drug-likeness (QED) is 0.700. The molecule has 2 aliphatic rings. The Labute approximate surface area is 142 Å². The highest BCUT2D eigenvalue weighted by Gasteiger charge is 2.53. The third-order valence-corrected chi connectivity index (χ3v) is 5.95. The molecule has 2 atom stereocenters. The first kappa shape index (κ1) is 15.4. The first-order valence-electron chi connectivity index (χ1n) is 7.33. The SMILES string of the molecule is O=C1NC(=O)[C@@H]2NC(=O)N(S(=O)(=O)c3cccc4ccccc34)[C@H]2N1. The molecule has 3 N–H and O–H groups in total. The van der Waals surface area contributed by atoms with Crippen LogP contribution in [-0.2, 0) is 14.8 Å². The Morgan fingerprint density at radius 3 is 2.44 bits per heavy atom. The van der Waals surface area contributed by atoms with E-state index in [9.17, 15) is 22.8 Å². The smallest absolute Gasteiger partial charge is 0.321 e. The lowest BCUT2D eigenvalue weighted by Crippen LogP contribution is -2.65. The van der Waals surface area contributed by atoms with Crippen molar-refractivity contribution in [2.24, 2.45) is 0 Å². The Hall–Kier alpha value is -3.14. The van der Waals surface area contributed by atoms with Crippen LogP contribution in [0, 0.1) is 0 Å². The summed E-state index contributed by atoms with van der Waals surface area (Å²) in [5.74, 6) is -0.766. The van der Waals surface area contributed by atoms with Gasteiger partial charge >= 0.3 is 12.1 Å². The van der Waals surface area contributed by atoms with Gasteiger partial charge in [-0.05, 0) is 11.5 Å². The fourth-order valence-corrected chi connectivity index (χ4v) is 4.70. The predicted molar refractivity (Wildman–Crippen MR) is 85.8 cm³/mol. The molecule has 2 heterocycles. The van der Waals surface area contributed by atoms with Crippen molar-refractivity contribution < 1.29 is 22.8 Å². The van der Waals surface area contributed by atoms with Crippen LogP contribution >= 0.6 is 0 Å². The summed E-state index contributed by atoms with van der Waals surface area (Å²) in [7, 11) is -4.31. The molecule has 0 unspecified atom stereocenters. The van der Waals surface area contributed by atoms with Gasteiger partial charge in [-0.1, -0.05) is 36.4 Å². The highest BCUT2D eigenvalue weighted by molar-refractivity contribution is 7.90. The molecule has 0 aliphatic carbocycles. The van der Waals surface area contributed by atoms with Crippen LogP contribution in [0.15, 0.2) is 47.4 Å². The number of nitrogens with one attached hydrogen (secondary N) is 3. The highest BCUT2D eigenvalue weighted by atomic mass is 32.2. The van der Waals surface area contributed by atoms with E-state index in [1.54, 1.807) is 36.4 Å². The molecular weight excluding hydrogens is 348 g/mol. The van der Waals surface area contributed by atoms with Gasteiger partial charge in [0.1, 0.15) is 0 Å². The van der Waals surface area contributed by atoms with Crippen molar-refractivity contribution in [2.45, 2.75) is 17.1 Å². The fourth-order valence-electron chi connectivity index (χ4n) is 3.03. The molecular formula is C15H12N4O5S. The number of carbonyl (C=O) groups is 3. The summed E-state index contributed by atoms with van der Waals surface area (Å²) in [4.78, 5) is 35.6. The van der Waals surface area contributed by atoms with Crippen LogP contribution in [0.2, 0.25) is 0 Å². The average molecular weight is 360 g/mol. The first-order chi connectivity index (χ1) is 11.9. The van der Waals surface area contributed by atoms with E-state index >= 15 is 0 Å². The number of imide groups is 1. The van der Waals surface area contributed by atoms with Gasteiger partial charge in [-0.3, -0.25) is 10.1 Å². The predicted octanol–water partition coefficient (Wildman–Crippen LogP) is 0.0878. The molecule has 0 saturated carbocycles. The van der Waals surface area contributed by atoms with E-state index in [1.165, 1.54) is 6.07 Å². The number of fused-ring (bicyclic) bond motifs is 2. The molecule has 2 aliphatic heterocycles. The van der Waals surface area contributed by atoms with Gasteiger partial charge in [0.2, 0.25) is 0 Å². The van der Waals surface area contributed by atoms with E-state index in [0.717, 1.165) is 0 Å². The molecule has 9 nitrogen and oxygen atoms in total. The van der Waals surface area contributed by atoms with E-state index in [-0.39, 0.29) is 4.90 Å². The first-order valence-corrected chi connectivity index (χ1v) is 8.77. The maximum absolute atomic E-state index is 13.1. The lowest BCUT2D eigenvalue weighted by atomic mass is 10.1. The summed E-state index contributed by atoms with van der Waals surface area (Å²) in [5, 5.41) is 7.70. The third kappa shape index (κ3) is 2.22. The van der Waals surface area contributed by atoms with Gasteiger partial charge in [-0.25, -0.2) is 18.0 Å². The Kier molecular flexibility index (Phi) is 3.19. The maximum Gasteiger partial charge on any atom is 0.334 e. The number of carbonyl (C=O) groups excluding carboxylic acids is 3.